The van der Waals surface area contributed by atoms with E-state index in [1.54, 1.807) is 28.8 Å². The molecule has 0 radical (unpaired) electrons. The summed E-state index contributed by atoms with van der Waals surface area (Å²) in [7, 11) is 0. The zero-order chi connectivity index (χ0) is 22.7. The minimum Gasteiger partial charge on any atom is -0.478 e. The summed E-state index contributed by atoms with van der Waals surface area (Å²) in [5.74, 6) is -1.00. The van der Waals surface area contributed by atoms with Crippen molar-refractivity contribution >= 4 is 16.7 Å². The molecular formula is C26H31N3O3. The number of aromatic carboxylic acids is 1. The van der Waals surface area contributed by atoms with Crippen molar-refractivity contribution in [2.24, 2.45) is 0 Å². The number of fused-ring (bicyclic) bond motifs is 1. The van der Waals surface area contributed by atoms with E-state index < -0.39 is 5.97 Å². The van der Waals surface area contributed by atoms with Gasteiger partial charge in [0.25, 0.3) is 5.56 Å². The van der Waals surface area contributed by atoms with Crippen LogP contribution >= 0.6 is 0 Å². The molecule has 0 amide bonds. The summed E-state index contributed by atoms with van der Waals surface area (Å²) >= 11 is 0. The highest BCUT2D eigenvalue weighted by atomic mass is 16.4. The molecule has 0 atom stereocenters. The zero-order valence-corrected chi connectivity index (χ0v) is 18.8. The first-order valence-electron chi connectivity index (χ1n) is 11.5. The van der Waals surface area contributed by atoms with Crippen molar-refractivity contribution in [3.05, 3.63) is 76.2 Å². The van der Waals surface area contributed by atoms with Crippen molar-refractivity contribution in [2.75, 3.05) is 26.2 Å². The Labute approximate surface area is 188 Å². The molecule has 1 aliphatic heterocycles. The maximum Gasteiger partial charge on any atom is 0.338 e. The lowest BCUT2D eigenvalue weighted by molar-refractivity contribution is 0.0689. The number of benzene rings is 2. The van der Waals surface area contributed by atoms with Crippen molar-refractivity contribution in [2.45, 2.75) is 39.3 Å². The lowest BCUT2D eigenvalue weighted by Crippen LogP contribution is -2.50. The maximum atomic E-state index is 13.5. The zero-order valence-electron chi connectivity index (χ0n) is 18.8. The molecule has 6 nitrogen and oxygen atoms in total. The fraction of sp³-hybridized carbons (Fsp3) is 0.385. The van der Waals surface area contributed by atoms with E-state index >= 15 is 0 Å². The molecule has 6 heteroatoms. The van der Waals surface area contributed by atoms with Crippen LogP contribution in [0.3, 0.4) is 0 Å². The third kappa shape index (κ3) is 4.20. The molecule has 0 unspecified atom stereocenters. The van der Waals surface area contributed by atoms with Gasteiger partial charge in [-0.2, -0.15) is 0 Å². The van der Waals surface area contributed by atoms with Crippen molar-refractivity contribution in [1.29, 1.82) is 0 Å². The van der Waals surface area contributed by atoms with Gasteiger partial charge in [-0.05, 0) is 31.0 Å². The Morgan fingerprint density at radius 2 is 1.50 bits per heavy atom. The number of pyridine rings is 1. The summed E-state index contributed by atoms with van der Waals surface area (Å²) < 4.78 is 1.60. The molecular weight excluding hydrogens is 402 g/mol. The average molecular weight is 434 g/mol. The van der Waals surface area contributed by atoms with E-state index in [-0.39, 0.29) is 11.1 Å². The van der Waals surface area contributed by atoms with Crippen LogP contribution in [0, 0.1) is 0 Å². The quantitative estimate of drug-likeness (QED) is 0.610. The molecule has 2 aromatic carbocycles. The van der Waals surface area contributed by atoms with Gasteiger partial charge in [0, 0.05) is 55.2 Å². The minimum absolute atomic E-state index is 0.178. The number of rotatable bonds is 7. The highest BCUT2D eigenvalue weighted by molar-refractivity contribution is 6.04. The molecule has 4 rings (SSSR count). The van der Waals surface area contributed by atoms with Crippen LogP contribution in [0.4, 0.5) is 0 Å². The number of aromatic nitrogens is 1. The maximum absolute atomic E-state index is 13.5. The van der Waals surface area contributed by atoms with Crippen LogP contribution in [0.1, 0.15) is 42.7 Å². The first-order valence-corrected chi connectivity index (χ1v) is 11.5. The van der Waals surface area contributed by atoms with Gasteiger partial charge in [0.1, 0.15) is 0 Å². The van der Waals surface area contributed by atoms with Gasteiger partial charge >= 0.3 is 5.97 Å². The number of hydrogen-bond acceptors (Lipinski definition) is 4. The van der Waals surface area contributed by atoms with E-state index in [0.717, 1.165) is 39.0 Å². The molecule has 168 valence electrons. The predicted molar refractivity (Wildman–Crippen MR) is 128 cm³/mol. The highest BCUT2D eigenvalue weighted by Gasteiger charge is 2.27. The van der Waals surface area contributed by atoms with Crippen LogP contribution in [0.25, 0.3) is 16.5 Å². The molecule has 0 aliphatic carbocycles. The van der Waals surface area contributed by atoms with Gasteiger partial charge in [0.2, 0.25) is 0 Å². The van der Waals surface area contributed by atoms with Gasteiger partial charge in [-0.1, -0.05) is 50.2 Å². The standard InChI is InChI=1S/C26H31N3O3/c1-3-19(4-2)28-16-14-27(15-17-28)18-23-24(26(31)32)21-12-8-9-13-22(21)25(30)29(23)20-10-6-5-7-11-20/h5-13,19H,3-4,14-18H2,1-2H3,(H,31,32). The van der Waals surface area contributed by atoms with Crippen LogP contribution in [-0.4, -0.2) is 57.7 Å². The summed E-state index contributed by atoms with van der Waals surface area (Å²) in [6.45, 7) is 8.50. The van der Waals surface area contributed by atoms with Crippen LogP contribution in [-0.2, 0) is 6.54 Å². The van der Waals surface area contributed by atoms with Gasteiger partial charge in [-0.15, -0.1) is 0 Å². The fourth-order valence-electron chi connectivity index (χ4n) is 4.94. The molecule has 3 aromatic rings. The number of nitrogens with zero attached hydrogens (tertiary/aromatic N) is 3. The second-order valence-corrected chi connectivity index (χ2v) is 8.43. The number of para-hydroxylation sites is 1. The fourth-order valence-corrected chi connectivity index (χ4v) is 4.94. The molecule has 2 heterocycles. The van der Waals surface area contributed by atoms with E-state index in [1.165, 1.54) is 0 Å². The second-order valence-electron chi connectivity index (χ2n) is 8.43. The Balaban J connectivity index is 1.79. The SMILES string of the molecule is CCC(CC)N1CCN(Cc2c(C(=O)O)c3ccccc3c(=O)n2-c2ccccc2)CC1. The van der Waals surface area contributed by atoms with Crippen LogP contribution in [0.15, 0.2) is 59.4 Å². The highest BCUT2D eigenvalue weighted by Crippen LogP contribution is 2.25. The van der Waals surface area contributed by atoms with Crippen molar-refractivity contribution < 1.29 is 9.90 Å². The van der Waals surface area contributed by atoms with Crippen molar-refractivity contribution in [1.82, 2.24) is 14.4 Å². The smallest absolute Gasteiger partial charge is 0.338 e. The van der Waals surface area contributed by atoms with E-state index in [2.05, 4.69) is 23.6 Å². The molecule has 1 saturated heterocycles. The Bertz CT molecular complexity index is 1140. The normalized spacial score (nSPS) is 15.5. The Morgan fingerprint density at radius 1 is 0.906 bits per heavy atom. The number of carbonyl (C=O) groups is 1. The van der Waals surface area contributed by atoms with Gasteiger partial charge in [0.15, 0.2) is 0 Å². The van der Waals surface area contributed by atoms with Gasteiger partial charge in [0.05, 0.1) is 11.3 Å². The van der Waals surface area contributed by atoms with E-state index in [9.17, 15) is 14.7 Å². The predicted octanol–water partition coefficient (Wildman–Crippen LogP) is 4.00. The number of carboxylic acids is 1. The first kappa shape index (κ1) is 22.2. The number of carboxylic acid groups (broad SMARTS) is 1. The van der Waals surface area contributed by atoms with Gasteiger partial charge in [-0.25, -0.2) is 4.79 Å². The molecule has 0 bridgehead atoms. The van der Waals surface area contributed by atoms with Crippen LogP contribution in [0.5, 0.6) is 0 Å². The number of piperazine rings is 1. The largest absolute Gasteiger partial charge is 0.478 e. The Hall–Kier alpha value is -2.96. The van der Waals surface area contributed by atoms with Crippen molar-refractivity contribution in [3.8, 4) is 5.69 Å². The third-order valence-electron chi connectivity index (χ3n) is 6.66. The van der Waals surface area contributed by atoms with E-state index in [0.29, 0.717) is 34.7 Å². The Kier molecular flexibility index (Phi) is 6.72. The van der Waals surface area contributed by atoms with E-state index in [4.69, 9.17) is 0 Å². The topological polar surface area (TPSA) is 65.8 Å². The van der Waals surface area contributed by atoms with Crippen LogP contribution in [0.2, 0.25) is 0 Å². The first-order chi connectivity index (χ1) is 15.5. The summed E-state index contributed by atoms with van der Waals surface area (Å²) in [5.41, 5.74) is 1.27. The number of hydrogen-bond donors (Lipinski definition) is 1. The Morgan fingerprint density at radius 3 is 2.09 bits per heavy atom. The molecule has 1 N–H and O–H groups in total. The third-order valence-corrected chi connectivity index (χ3v) is 6.66. The summed E-state index contributed by atoms with van der Waals surface area (Å²) in [6.07, 6.45) is 2.27. The summed E-state index contributed by atoms with van der Waals surface area (Å²) in [4.78, 5) is 30.8. The van der Waals surface area contributed by atoms with E-state index in [1.807, 2.05) is 30.3 Å². The molecule has 32 heavy (non-hydrogen) atoms. The molecule has 1 aliphatic rings. The molecule has 0 saturated carbocycles. The lowest BCUT2D eigenvalue weighted by atomic mass is 10.0. The molecule has 0 spiro atoms. The minimum atomic E-state index is -1.00. The molecule has 1 fully saturated rings. The monoisotopic (exact) mass is 433 g/mol. The average Bonchev–Trinajstić information content (AvgIpc) is 2.81. The van der Waals surface area contributed by atoms with Crippen LogP contribution < -0.4 is 5.56 Å². The summed E-state index contributed by atoms with van der Waals surface area (Å²) in [6, 6.07) is 17.0. The van der Waals surface area contributed by atoms with Gasteiger partial charge in [-0.3, -0.25) is 19.2 Å². The lowest BCUT2D eigenvalue weighted by Gasteiger charge is -2.39. The van der Waals surface area contributed by atoms with Gasteiger partial charge < -0.3 is 5.11 Å². The second kappa shape index (κ2) is 9.67. The molecule has 1 aromatic heterocycles. The summed E-state index contributed by atoms with van der Waals surface area (Å²) in [5, 5.41) is 11.1. The van der Waals surface area contributed by atoms with Crippen molar-refractivity contribution in [3.63, 3.8) is 0 Å².